The normalized spacial score (nSPS) is 10.6. The SMILES string of the molecule is COc1ccc(NC(=O)Cc2coc3cc(C)ccc23)c(OC)c1. The summed E-state index contributed by atoms with van der Waals surface area (Å²) >= 11 is 0. The molecular weight excluding hydrogens is 306 g/mol. The second kappa shape index (κ2) is 6.66. The first kappa shape index (κ1) is 15.9. The molecule has 1 heterocycles. The van der Waals surface area contributed by atoms with E-state index in [1.807, 2.05) is 25.1 Å². The Morgan fingerprint density at radius 2 is 1.96 bits per heavy atom. The maximum Gasteiger partial charge on any atom is 0.229 e. The third-order valence-corrected chi connectivity index (χ3v) is 3.85. The van der Waals surface area contributed by atoms with Gasteiger partial charge in [0.15, 0.2) is 0 Å². The first-order valence-corrected chi connectivity index (χ1v) is 7.59. The second-order valence-electron chi connectivity index (χ2n) is 5.55. The Balaban J connectivity index is 1.78. The molecule has 1 aromatic heterocycles. The van der Waals surface area contributed by atoms with Crippen molar-refractivity contribution in [3.63, 3.8) is 0 Å². The number of methoxy groups -OCH3 is 2. The van der Waals surface area contributed by atoms with Crippen LogP contribution in [0.4, 0.5) is 5.69 Å². The monoisotopic (exact) mass is 325 g/mol. The molecule has 3 aromatic rings. The van der Waals surface area contributed by atoms with Gasteiger partial charge in [0.1, 0.15) is 17.1 Å². The molecule has 0 saturated heterocycles. The second-order valence-corrected chi connectivity index (χ2v) is 5.55. The lowest BCUT2D eigenvalue weighted by Gasteiger charge is -2.11. The van der Waals surface area contributed by atoms with Gasteiger partial charge in [0.25, 0.3) is 0 Å². The molecule has 0 spiro atoms. The number of carbonyl (C=O) groups excluding carboxylic acids is 1. The Labute approximate surface area is 140 Å². The summed E-state index contributed by atoms with van der Waals surface area (Å²) in [6, 6.07) is 11.2. The van der Waals surface area contributed by atoms with E-state index in [9.17, 15) is 4.79 Å². The van der Waals surface area contributed by atoms with Crippen LogP contribution in [0.3, 0.4) is 0 Å². The van der Waals surface area contributed by atoms with Crippen molar-refractivity contribution in [3.8, 4) is 11.5 Å². The summed E-state index contributed by atoms with van der Waals surface area (Å²) < 4.78 is 16.0. The van der Waals surface area contributed by atoms with Gasteiger partial charge in [-0.1, -0.05) is 12.1 Å². The minimum absolute atomic E-state index is 0.137. The van der Waals surface area contributed by atoms with E-state index < -0.39 is 0 Å². The predicted molar refractivity (Wildman–Crippen MR) is 92.8 cm³/mol. The quantitative estimate of drug-likeness (QED) is 0.772. The Morgan fingerprint density at radius 1 is 1.12 bits per heavy atom. The maximum absolute atomic E-state index is 12.4. The molecular formula is C19H19NO4. The van der Waals surface area contributed by atoms with Gasteiger partial charge in [-0.15, -0.1) is 0 Å². The summed E-state index contributed by atoms with van der Waals surface area (Å²) in [4.78, 5) is 12.4. The molecule has 0 saturated carbocycles. The number of nitrogens with one attached hydrogen (secondary N) is 1. The van der Waals surface area contributed by atoms with E-state index >= 15 is 0 Å². The number of furan rings is 1. The zero-order valence-electron chi connectivity index (χ0n) is 13.9. The van der Waals surface area contributed by atoms with Crippen LogP contribution in [0.5, 0.6) is 11.5 Å². The number of hydrogen-bond acceptors (Lipinski definition) is 4. The molecule has 0 atom stereocenters. The largest absolute Gasteiger partial charge is 0.497 e. The van der Waals surface area contributed by atoms with Crippen molar-refractivity contribution in [2.24, 2.45) is 0 Å². The van der Waals surface area contributed by atoms with E-state index in [1.165, 1.54) is 0 Å². The fraction of sp³-hybridized carbons (Fsp3) is 0.211. The molecule has 1 N–H and O–H groups in total. The molecule has 0 unspecified atom stereocenters. The number of anilines is 1. The van der Waals surface area contributed by atoms with E-state index in [4.69, 9.17) is 13.9 Å². The first-order chi connectivity index (χ1) is 11.6. The average molecular weight is 325 g/mol. The van der Waals surface area contributed by atoms with Crippen molar-refractivity contribution in [2.75, 3.05) is 19.5 Å². The van der Waals surface area contributed by atoms with E-state index in [0.717, 1.165) is 22.1 Å². The van der Waals surface area contributed by atoms with Crippen LogP contribution in [-0.2, 0) is 11.2 Å². The first-order valence-electron chi connectivity index (χ1n) is 7.59. The zero-order chi connectivity index (χ0) is 17.1. The highest BCUT2D eigenvalue weighted by molar-refractivity contribution is 5.96. The smallest absolute Gasteiger partial charge is 0.229 e. The fourth-order valence-electron chi connectivity index (χ4n) is 2.60. The van der Waals surface area contributed by atoms with Crippen LogP contribution < -0.4 is 14.8 Å². The fourth-order valence-corrected chi connectivity index (χ4v) is 2.60. The van der Waals surface area contributed by atoms with Gasteiger partial charge in [0, 0.05) is 17.0 Å². The molecule has 2 aromatic carbocycles. The number of carbonyl (C=O) groups is 1. The highest BCUT2D eigenvalue weighted by Crippen LogP contribution is 2.29. The summed E-state index contributed by atoms with van der Waals surface area (Å²) in [5, 5.41) is 3.82. The predicted octanol–water partition coefficient (Wildman–Crippen LogP) is 3.94. The number of hydrogen-bond donors (Lipinski definition) is 1. The van der Waals surface area contributed by atoms with Gasteiger partial charge in [-0.25, -0.2) is 0 Å². The van der Waals surface area contributed by atoms with Crippen LogP contribution in [0.15, 0.2) is 47.1 Å². The molecule has 0 aliphatic rings. The third kappa shape index (κ3) is 3.20. The topological polar surface area (TPSA) is 60.7 Å². The number of ether oxygens (including phenoxy) is 2. The molecule has 5 heteroatoms. The lowest BCUT2D eigenvalue weighted by molar-refractivity contribution is -0.115. The van der Waals surface area contributed by atoms with Gasteiger partial charge in [0.2, 0.25) is 5.91 Å². The highest BCUT2D eigenvalue weighted by Gasteiger charge is 2.13. The van der Waals surface area contributed by atoms with Crippen LogP contribution in [0.2, 0.25) is 0 Å². The minimum Gasteiger partial charge on any atom is -0.497 e. The maximum atomic E-state index is 12.4. The van der Waals surface area contributed by atoms with Gasteiger partial charge in [-0.2, -0.15) is 0 Å². The van der Waals surface area contributed by atoms with Crippen LogP contribution in [0.25, 0.3) is 11.0 Å². The van der Waals surface area contributed by atoms with E-state index in [2.05, 4.69) is 5.32 Å². The molecule has 124 valence electrons. The molecule has 0 fully saturated rings. The number of amides is 1. The molecule has 3 rings (SSSR count). The van der Waals surface area contributed by atoms with Crippen LogP contribution in [0.1, 0.15) is 11.1 Å². The number of benzene rings is 2. The number of rotatable bonds is 5. The highest BCUT2D eigenvalue weighted by atomic mass is 16.5. The standard InChI is InChI=1S/C19H19NO4/c1-12-4-6-15-13(11-24-17(15)8-12)9-19(21)20-16-7-5-14(22-2)10-18(16)23-3/h4-8,10-11H,9H2,1-3H3,(H,20,21). The van der Waals surface area contributed by atoms with Gasteiger partial charge in [-0.3, -0.25) is 4.79 Å². The van der Waals surface area contributed by atoms with E-state index in [0.29, 0.717) is 17.2 Å². The van der Waals surface area contributed by atoms with Crippen LogP contribution in [0, 0.1) is 6.92 Å². The van der Waals surface area contributed by atoms with Crippen molar-refractivity contribution >= 4 is 22.6 Å². The summed E-state index contributed by atoms with van der Waals surface area (Å²) in [7, 11) is 3.13. The van der Waals surface area contributed by atoms with Crippen LogP contribution in [-0.4, -0.2) is 20.1 Å². The summed E-state index contributed by atoms with van der Waals surface area (Å²) in [5.41, 5.74) is 3.37. The minimum atomic E-state index is -0.137. The van der Waals surface area contributed by atoms with Crippen molar-refractivity contribution in [1.29, 1.82) is 0 Å². The summed E-state index contributed by atoms with van der Waals surface area (Å²) in [6.07, 6.45) is 1.86. The van der Waals surface area contributed by atoms with E-state index in [1.54, 1.807) is 38.7 Å². The Morgan fingerprint density at radius 3 is 2.71 bits per heavy atom. The molecule has 0 aliphatic heterocycles. The lowest BCUT2D eigenvalue weighted by atomic mass is 10.1. The summed E-state index contributed by atoms with van der Waals surface area (Å²) in [6.45, 7) is 2.00. The van der Waals surface area contributed by atoms with E-state index in [-0.39, 0.29) is 12.3 Å². The molecule has 5 nitrogen and oxygen atoms in total. The Kier molecular flexibility index (Phi) is 4.42. The Hall–Kier alpha value is -2.95. The molecule has 0 bridgehead atoms. The summed E-state index contributed by atoms with van der Waals surface area (Å²) in [5.74, 6) is 1.08. The molecule has 24 heavy (non-hydrogen) atoms. The van der Waals surface area contributed by atoms with Crippen molar-refractivity contribution in [1.82, 2.24) is 0 Å². The molecule has 1 amide bonds. The average Bonchev–Trinajstić information content (AvgIpc) is 2.97. The van der Waals surface area contributed by atoms with Crippen molar-refractivity contribution in [2.45, 2.75) is 13.3 Å². The van der Waals surface area contributed by atoms with Gasteiger partial charge in [-0.05, 0) is 30.7 Å². The molecule has 0 radical (unpaired) electrons. The lowest BCUT2D eigenvalue weighted by Crippen LogP contribution is -2.14. The molecule has 0 aliphatic carbocycles. The number of fused-ring (bicyclic) bond motifs is 1. The number of aryl methyl sites for hydroxylation is 1. The van der Waals surface area contributed by atoms with Crippen LogP contribution >= 0.6 is 0 Å². The van der Waals surface area contributed by atoms with Gasteiger partial charge in [0.05, 0.1) is 32.6 Å². The van der Waals surface area contributed by atoms with Gasteiger partial charge >= 0.3 is 0 Å². The van der Waals surface area contributed by atoms with Crippen molar-refractivity contribution < 1.29 is 18.7 Å². The Bertz CT molecular complexity index is 882. The zero-order valence-corrected chi connectivity index (χ0v) is 13.9. The van der Waals surface area contributed by atoms with Crippen molar-refractivity contribution in [3.05, 3.63) is 53.8 Å². The van der Waals surface area contributed by atoms with Gasteiger partial charge < -0.3 is 19.2 Å². The third-order valence-electron chi connectivity index (χ3n) is 3.85.